The van der Waals surface area contributed by atoms with Crippen molar-refractivity contribution in [2.75, 3.05) is 18.4 Å². The Bertz CT molecular complexity index is 379. The summed E-state index contributed by atoms with van der Waals surface area (Å²) in [5.74, 6) is 0.0707. The van der Waals surface area contributed by atoms with E-state index in [9.17, 15) is 4.79 Å². The molecule has 0 aliphatic heterocycles. The topological polar surface area (TPSA) is 41.1 Å². The van der Waals surface area contributed by atoms with E-state index in [2.05, 4.69) is 49.6 Å². The Morgan fingerprint density at radius 2 is 1.74 bits per heavy atom. The van der Waals surface area contributed by atoms with E-state index in [1.165, 1.54) is 11.1 Å². The fourth-order valence-electron chi connectivity index (χ4n) is 2.11. The van der Waals surface area contributed by atoms with Crippen LogP contribution >= 0.6 is 0 Å². The zero-order valence-corrected chi connectivity index (χ0v) is 12.4. The molecule has 0 aromatic heterocycles. The van der Waals surface area contributed by atoms with Crippen molar-refractivity contribution >= 4 is 11.6 Å². The minimum absolute atomic E-state index is 0.0707. The van der Waals surface area contributed by atoms with Gasteiger partial charge in [0.2, 0.25) is 5.91 Å². The number of nitrogens with one attached hydrogen (secondary N) is 2. The lowest BCUT2D eigenvalue weighted by Gasteiger charge is -2.15. The molecule has 3 heteroatoms. The second kappa shape index (κ2) is 8.57. The van der Waals surface area contributed by atoms with Gasteiger partial charge in [-0.05, 0) is 30.4 Å². The number of anilines is 1. The van der Waals surface area contributed by atoms with Crippen molar-refractivity contribution in [2.45, 2.75) is 46.5 Å². The maximum absolute atomic E-state index is 11.7. The van der Waals surface area contributed by atoms with Gasteiger partial charge in [-0.15, -0.1) is 0 Å². The lowest BCUT2D eigenvalue weighted by molar-refractivity contribution is -0.119. The number of hydrogen-bond donors (Lipinski definition) is 2. The molecule has 0 saturated carbocycles. The Hall–Kier alpha value is -1.51. The zero-order chi connectivity index (χ0) is 14.1. The summed E-state index contributed by atoms with van der Waals surface area (Å²) in [4.78, 5) is 11.7. The molecule has 1 amide bonds. The van der Waals surface area contributed by atoms with Crippen LogP contribution in [-0.2, 0) is 17.6 Å². The molecule has 0 spiro atoms. The standard InChI is InChI=1S/C16H26N2O/c1-4-7-11-17-15(19)12-18-16-13(5-2)9-8-10-14(16)6-3/h8-10,18H,4-7,11-12H2,1-3H3,(H,17,19). The van der Waals surface area contributed by atoms with Gasteiger partial charge in [0.15, 0.2) is 0 Å². The molecule has 0 radical (unpaired) electrons. The third-order valence-electron chi connectivity index (χ3n) is 3.28. The number of unbranched alkanes of at least 4 members (excludes halogenated alkanes) is 1. The first-order chi connectivity index (χ1) is 9.22. The number of para-hydroxylation sites is 1. The molecule has 1 aromatic carbocycles. The predicted octanol–water partition coefficient (Wildman–Crippen LogP) is 3.14. The second-order valence-corrected chi connectivity index (χ2v) is 4.72. The van der Waals surface area contributed by atoms with E-state index in [1.807, 2.05) is 0 Å². The predicted molar refractivity (Wildman–Crippen MR) is 81.6 cm³/mol. The van der Waals surface area contributed by atoms with Crippen molar-refractivity contribution in [3.63, 3.8) is 0 Å². The maximum atomic E-state index is 11.7. The Morgan fingerprint density at radius 3 is 2.26 bits per heavy atom. The number of benzene rings is 1. The number of hydrogen-bond acceptors (Lipinski definition) is 2. The van der Waals surface area contributed by atoms with Gasteiger partial charge in [-0.3, -0.25) is 4.79 Å². The second-order valence-electron chi connectivity index (χ2n) is 4.72. The highest BCUT2D eigenvalue weighted by Gasteiger charge is 2.07. The zero-order valence-electron chi connectivity index (χ0n) is 12.4. The number of amides is 1. The van der Waals surface area contributed by atoms with Crippen molar-refractivity contribution in [2.24, 2.45) is 0 Å². The molecule has 2 N–H and O–H groups in total. The minimum Gasteiger partial charge on any atom is -0.376 e. The van der Waals surface area contributed by atoms with Gasteiger partial charge in [0.05, 0.1) is 6.54 Å². The lowest BCUT2D eigenvalue weighted by Crippen LogP contribution is -2.30. The van der Waals surface area contributed by atoms with Crippen molar-refractivity contribution in [3.8, 4) is 0 Å². The van der Waals surface area contributed by atoms with E-state index < -0.39 is 0 Å². The molecular formula is C16H26N2O. The molecule has 1 aromatic rings. The molecule has 0 saturated heterocycles. The van der Waals surface area contributed by atoms with Crippen molar-refractivity contribution < 1.29 is 4.79 Å². The van der Waals surface area contributed by atoms with Crippen LogP contribution in [0.4, 0.5) is 5.69 Å². The molecule has 0 atom stereocenters. The van der Waals surface area contributed by atoms with E-state index in [1.54, 1.807) is 0 Å². The van der Waals surface area contributed by atoms with Crippen molar-refractivity contribution in [3.05, 3.63) is 29.3 Å². The van der Waals surface area contributed by atoms with Gasteiger partial charge in [0.1, 0.15) is 0 Å². The summed E-state index contributed by atoms with van der Waals surface area (Å²) in [5.41, 5.74) is 3.69. The van der Waals surface area contributed by atoms with Crippen LogP contribution in [0.25, 0.3) is 0 Å². The monoisotopic (exact) mass is 262 g/mol. The molecular weight excluding hydrogens is 236 g/mol. The van der Waals surface area contributed by atoms with E-state index in [4.69, 9.17) is 0 Å². The first kappa shape index (κ1) is 15.5. The highest BCUT2D eigenvalue weighted by Crippen LogP contribution is 2.22. The Morgan fingerprint density at radius 1 is 1.11 bits per heavy atom. The molecule has 0 bridgehead atoms. The fourth-order valence-corrected chi connectivity index (χ4v) is 2.11. The van der Waals surface area contributed by atoms with Crippen LogP contribution in [0.5, 0.6) is 0 Å². The largest absolute Gasteiger partial charge is 0.376 e. The minimum atomic E-state index is 0.0707. The summed E-state index contributed by atoms with van der Waals surface area (Å²) < 4.78 is 0. The van der Waals surface area contributed by atoms with Crippen LogP contribution in [-0.4, -0.2) is 19.0 Å². The summed E-state index contributed by atoms with van der Waals surface area (Å²) in [6, 6.07) is 6.33. The average Bonchev–Trinajstić information content (AvgIpc) is 2.44. The first-order valence-corrected chi connectivity index (χ1v) is 7.34. The van der Waals surface area contributed by atoms with Gasteiger partial charge < -0.3 is 10.6 Å². The van der Waals surface area contributed by atoms with Gasteiger partial charge in [-0.25, -0.2) is 0 Å². The van der Waals surface area contributed by atoms with Gasteiger partial charge >= 0.3 is 0 Å². The molecule has 0 unspecified atom stereocenters. The van der Waals surface area contributed by atoms with E-state index in [0.717, 1.165) is 37.9 Å². The Labute approximate surface area is 116 Å². The van der Waals surface area contributed by atoms with Crippen LogP contribution in [0.15, 0.2) is 18.2 Å². The van der Waals surface area contributed by atoms with Crippen molar-refractivity contribution in [1.29, 1.82) is 0 Å². The van der Waals surface area contributed by atoms with Crippen molar-refractivity contribution in [1.82, 2.24) is 5.32 Å². The Kier molecular flexibility index (Phi) is 7.01. The van der Waals surface area contributed by atoms with Crippen LogP contribution < -0.4 is 10.6 Å². The van der Waals surface area contributed by atoms with Crippen LogP contribution in [0.2, 0.25) is 0 Å². The molecule has 106 valence electrons. The molecule has 1 rings (SSSR count). The van der Waals surface area contributed by atoms with Crippen LogP contribution in [0, 0.1) is 0 Å². The third kappa shape index (κ3) is 4.93. The fraction of sp³-hybridized carbons (Fsp3) is 0.562. The van der Waals surface area contributed by atoms with Crippen LogP contribution in [0.3, 0.4) is 0 Å². The van der Waals surface area contributed by atoms with E-state index >= 15 is 0 Å². The number of rotatable bonds is 8. The van der Waals surface area contributed by atoms with Crippen LogP contribution in [0.1, 0.15) is 44.7 Å². The van der Waals surface area contributed by atoms with Gasteiger partial charge in [-0.2, -0.15) is 0 Å². The quantitative estimate of drug-likeness (QED) is 0.707. The summed E-state index contributed by atoms with van der Waals surface area (Å²) in [5, 5.41) is 6.23. The van der Waals surface area contributed by atoms with E-state index in [-0.39, 0.29) is 5.91 Å². The molecule has 0 aliphatic rings. The first-order valence-electron chi connectivity index (χ1n) is 7.34. The summed E-state index contributed by atoms with van der Waals surface area (Å²) in [7, 11) is 0. The summed E-state index contributed by atoms with van der Waals surface area (Å²) in [6.45, 7) is 7.53. The molecule has 0 aliphatic carbocycles. The lowest BCUT2D eigenvalue weighted by atomic mass is 10.0. The van der Waals surface area contributed by atoms with Gasteiger partial charge in [0, 0.05) is 12.2 Å². The Balaban J connectivity index is 2.58. The number of carbonyl (C=O) groups excluding carboxylic acids is 1. The van der Waals surface area contributed by atoms with E-state index in [0.29, 0.717) is 6.54 Å². The summed E-state index contributed by atoms with van der Waals surface area (Å²) >= 11 is 0. The number of carbonyl (C=O) groups is 1. The van der Waals surface area contributed by atoms with Gasteiger partial charge in [-0.1, -0.05) is 45.4 Å². The highest BCUT2D eigenvalue weighted by atomic mass is 16.1. The number of aryl methyl sites for hydroxylation is 2. The molecule has 0 heterocycles. The third-order valence-corrected chi connectivity index (χ3v) is 3.28. The molecule has 19 heavy (non-hydrogen) atoms. The summed E-state index contributed by atoms with van der Waals surface area (Å²) in [6.07, 6.45) is 4.10. The smallest absolute Gasteiger partial charge is 0.239 e. The SMILES string of the molecule is CCCCNC(=O)CNc1c(CC)cccc1CC. The highest BCUT2D eigenvalue weighted by molar-refractivity contribution is 5.81. The maximum Gasteiger partial charge on any atom is 0.239 e. The normalized spacial score (nSPS) is 10.3. The average molecular weight is 262 g/mol. The van der Waals surface area contributed by atoms with Gasteiger partial charge in [0.25, 0.3) is 0 Å². The molecule has 0 fully saturated rings. The molecule has 3 nitrogen and oxygen atoms in total.